The van der Waals surface area contributed by atoms with Crippen LogP contribution >= 0.6 is 11.3 Å². The number of piperazine rings is 1. The van der Waals surface area contributed by atoms with Crippen molar-refractivity contribution in [2.24, 2.45) is 5.92 Å². The molecule has 1 amide bonds. The Morgan fingerprint density at radius 3 is 2.44 bits per heavy atom. The van der Waals surface area contributed by atoms with E-state index >= 15 is 0 Å². The molecule has 0 bridgehead atoms. The van der Waals surface area contributed by atoms with E-state index in [4.69, 9.17) is 0 Å². The van der Waals surface area contributed by atoms with Crippen molar-refractivity contribution in [2.45, 2.75) is 54.7 Å². The van der Waals surface area contributed by atoms with Crippen molar-refractivity contribution in [3.63, 3.8) is 0 Å². The number of thiazole rings is 1. The molecule has 2 aliphatic rings. The fourth-order valence-electron chi connectivity index (χ4n) is 5.90. The van der Waals surface area contributed by atoms with Gasteiger partial charge in [-0.3, -0.25) is 9.69 Å². The number of aromatic nitrogens is 1. The number of fused-ring (bicyclic) bond motifs is 1. The van der Waals surface area contributed by atoms with Crippen molar-refractivity contribution in [3.8, 4) is 5.75 Å². The average Bonchev–Trinajstić information content (AvgIpc) is 3.61. The van der Waals surface area contributed by atoms with Gasteiger partial charge in [0.05, 0.1) is 21.0 Å². The monoisotopic (exact) mass is 636 g/mol. The molecule has 8 nitrogen and oxygen atoms in total. The first-order valence-electron chi connectivity index (χ1n) is 14.3. The molecule has 1 aromatic heterocycles. The number of halogens is 3. The van der Waals surface area contributed by atoms with Gasteiger partial charge in [-0.2, -0.15) is 0 Å². The topological polar surface area (TPSA) is 91.8 Å². The van der Waals surface area contributed by atoms with Crippen LogP contribution in [0.5, 0.6) is 5.75 Å². The van der Waals surface area contributed by atoms with Gasteiger partial charge in [-0.05, 0) is 49.2 Å². The van der Waals surface area contributed by atoms with Gasteiger partial charge in [0, 0.05) is 32.2 Å². The summed E-state index contributed by atoms with van der Waals surface area (Å²) in [4.78, 5) is 22.3. The minimum absolute atomic E-state index is 0.170. The van der Waals surface area contributed by atoms with Crippen molar-refractivity contribution >= 4 is 42.4 Å². The van der Waals surface area contributed by atoms with Crippen LogP contribution in [0.3, 0.4) is 0 Å². The lowest BCUT2D eigenvalue weighted by atomic mass is 9.87. The summed E-state index contributed by atoms with van der Waals surface area (Å²) in [6, 6.07) is 10.4. The Balaban J connectivity index is 1.36. The molecule has 232 valence electrons. The fraction of sp³-hybridized carbons (Fsp3) is 0.467. The molecule has 13 heteroatoms. The SMILES string of the molecule is C=CC(N1CCN(C)CC1)S(=O)(=O)c1ccc(C(CC2CCCC2)C(=O)Nc2nc3ccc(OC(F)(F)F)cc3s2)cc1. The number of sulfone groups is 1. The van der Waals surface area contributed by atoms with Crippen LogP contribution < -0.4 is 10.1 Å². The second-order valence-corrected chi connectivity index (χ2v) is 14.3. The molecule has 43 heavy (non-hydrogen) atoms. The smallest absolute Gasteiger partial charge is 0.406 e. The zero-order valence-corrected chi connectivity index (χ0v) is 25.5. The molecule has 1 saturated carbocycles. The van der Waals surface area contributed by atoms with E-state index in [2.05, 4.69) is 26.5 Å². The van der Waals surface area contributed by atoms with Crippen molar-refractivity contribution in [3.05, 3.63) is 60.7 Å². The van der Waals surface area contributed by atoms with Gasteiger partial charge in [0.2, 0.25) is 5.91 Å². The van der Waals surface area contributed by atoms with Crippen LogP contribution in [-0.4, -0.2) is 74.1 Å². The van der Waals surface area contributed by atoms with Crippen LogP contribution in [0.25, 0.3) is 10.2 Å². The molecule has 2 heterocycles. The van der Waals surface area contributed by atoms with Gasteiger partial charge in [-0.15, -0.1) is 19.8 Å². The van der Waals surface area contributed by atoms with Crippen LogP contribution in [0.15, 0.2) is 60.0 Å². The second-order valence-electron chi connectivity index (χ2n) is 11.2. The van der Waals surface area contributed by atoms with E-state index < -0.39 is 27.5 Å². The lowest BCUT2D eigenvalue weighted by molar-refractivity contribution is -0.274. The van der Waals surface area contributed by atoms with Gasteiger partial charge in [0.15, 0.2) is 15.0 Å². The summed E-state index contributed by atoms with van der Waals surface area (Å²) >= 11 is 1.06. The first-order valence-corrected chi connectivity index (χ1v) is 16.7. The molecule has 1 aliphatic carbocycles. The summed E-state index contributed by atoms with van der Waals surface area (Å²) in [5.41, 5.74) is 1.13. The Kier molecular flexibility index (Phi) is 9.45. The molecule has 0 spiro atoms. The maximum atomic E-state index is 13.6. The zero-order valence-electron chi connectivity index (χ0n) is 23.8. The van der Waals surface area contributed by atoms with E-state index in [-0.39, 0.29) is 21.7 Å². The Morgan fingerprint density at radius 2 is 1.81 bits per heavy atom. The van der Waals surface area contributed by atoms with E-state index in [9.17, 15) is 26.4 Å². The number of ether oxygens (including phenoxy) is 1. The minimum Gasteiger partial charge on any atom is -0.406 e. The molecule has 1 saturated heterocycles. The first kappa shape index (κ1) is 31.4. The molecule has 1 aliphatic heterocycles. The third kappa shape index (κ3) is 7.57. The number of nitrogens with one attached hydrogen (secondary N) is 1. The molecular formula is C30H35F3N4O4S2. The Hall–Kier alpha value is -3.00. The van der Waals surface area contributed by atoms with Gasteiger partial charge < -0.3 is 15.0 Å². The van der Waals surface area contributed by atoms with E-state index in [1.54, 1.807) is 24.3 Å². The maximum absolute atomic E-state index is 13.6. The molecule has 2 aromatic carbocycles. The van der Waals surface area contributed by atoms with Crippen molar-refractivity contribution < 1.29 is 31.1 Å². The van der Waals surface area contributed by atoms with Gasteiger partial charge in [-0.1, -0.05) is 55.2 Å². The Morgan fingerprint density at radius 1 is 1.14 bits per heavy atom. The number of alkyl halides is 3. The summed E-state index contributed by atoms with van der Waals surface area (Å²) in [6.07, 6.45) is 1.51. The normalized spacial score (nSPS) is 18.9. The zero-order chi connectivity index (χ0) is 30.8. The number of carbonyl (C=O) groups excluding carboxylic acids is 1. The van der Waals surface area contributed by atoms with E-state index in [0.29, 0.717) is 41.2 Å². The molecular weight excluding hydrogens is 601 g/mol. The molecule has 5 rings (SSSR count). The van der Waals surface area contributed by atoms with E-state index in [1.165, 1.54) is 24.3 Å². The minimum atomic E-state index is -4.81. The summed E-state index contributed by atoms with van der Waals surface area (Å²) in [6.45, 7) is 6.59. The number of hydrogen-bond acceptors (Lipinski definition) is 8. The number of carbonyl (C=O) groups is 1. The molecule has 0 radical (unpaired) electrons. The number of anilines is 1. The summed E-state index contributed by atoms with van der Waals surface area (Å²) in [5, 5.41) is 2.28. The van der Waals surface area contributed by atoms with Crippen molar-refractivity contribution in [1.82, 2.24) is 14.8 Å². The number of hydrogen-bond donors (Lipinski definition) is 1. The molecule has 2 atom stereocenters. The second kappa shape index (κ2) is 12.9. The van der Waals surface area contributed by atoms with Crippen LogP contribution in [0.2, 0.25) is 0 Å². The number of likely N-dealkylation sites (N-methyl/N-ethyl adjacent to an activating group) is 1. The van der Waals surface area contributed by atoms with Crippen LogP contribution in [0, 0.1) is 5.92 Å². The lowest BCUT2D eigenvalue weighted by Gasteiger charge is -2.36. The quantitative estimate of drug-likeness (QED) is 0.272. The molecule has 2 unspecified atom stereocenters. The Bertz CT molecular complexity index is 1550. The summed E-state index contributed by atoms with van der Waals surface area (Å²) in [5.74, 6) is -0.848. The number of rotatable bonds is 10. The summed E-state index contributed by atoms with van der Waals surface area (Å²) < 4.78 is 69.6. The fourth-order valence-corrected chi connectivity index (χ4v) is 8.45. The first-order chi connectivity index (χ1) is 20.4. The molecule has 1 N–H and O–H groups in total. The van der Waals surface area contributed by atoms with Gasteiger partial charge in [0.1, 0.15) is 11.1 Å². The van der Waals surface area contributed by atoms with Crippen molar-refractivity contribution in [2.75, 3.05) is 38.5 Å². The number of amides is 1. The van der Waals surface area contributed by atoms with Crippen LogP contribution in [-0.2, 0) is 14.6 Å². The highest BCUT2D eigenvalue weighted by atomic mass is 32.2. The van der Waals surface area contributed by atoms with Gasteiger partial charge in [-0.25, -0.2) is 13.4 Å². The van der Waals surface area contributed by atoms with Crippen molar-refractivity contribution in [1.29, 1.82) is 0 Å². The molecule has 3 aromatic rings. The average molecular weight is 637 g/mol. The van der Waals surface area contributed by atoms with Crippen LogP contribution in [0.4, 0.5) is 18.3 Å². The van der Waals surface area contributed by atoms with Gasteiger partial charge in [0.25, 0.3) is 0 Å². The predicted molar refractivity (Wildman–Crippen MR) is 161 cm³/mol. The predicted octanol–water partition coefficient (Wildman–Crippen LogP) is 6.03. The third-order valence-corrected chi connectivity index (χ3v) is 11.2. The lowest BCUT2D eigenvalue weighted by Crippen LogP contribution is -2.50. The number of benzene rings is 2. The highest BCUT2D eigenvalue weighted by Gasteiger charge is 2.34. The standard InChI is InChI=1S/C30H35F3N4O4S2/c1-3-27(37-16-14-36(2)15-17-37)43(39,40)23-11-8-21(9-12-23)24(18-20-6-4-5-7-20)28(38)35-29-34-25-13-10-22(19-26(25)42-29)41-30(31,32)33/h3,8-13,19-20,24,27H,1,4-7,14-18H2,2H3,(H,34,35,38). The third-order valence-electron chi connectivity index (χ3n) is 8.21. The Labute approximate surface area is 253 Å². The van der Waals surface area contributed by atoms with Gasteiger partial charge >= 0.3 is 6.36 Å². The maximum Gasteiger partial charge on any atom is 0.573 e. The number of nitrogens with zero attached hydrogens (tertiary/aromatic N) is 3. The van der Waals surface area contributed by atoms with E-state index in [1.807, 2.05) is 11.9 Å². The highest BCUT2D eigenvalue weighted by Crippen LogP contribution is 2.37. The molecule has 2 fully saturated rings. The largest absolute Gasteiger partial charge is 0.573 e. The summed E-state index contributed by atoms with van der Waals surface area (Å²) in [7, 11) is -1.73. The van der Waals surface area contributed by atoms with E-state index in [0.717, 1.165) is 50.1 Å². The highest BCUT2D eigenvalue weighted by molar-refractivity contribution is 7.92. The van der Waals surface area contributed by atoms with Crippen LogP contribution in [0.1, 0.15) is 43.6 Å².